The van der Waals surface area contributed by atoms with Crippen LogP contribution in [0, 0.1) is 0 Å². The van der Waals surface area contributed by atoms with Crippen LogP contribution in [0.2, 0.25) is 0 Å². The number of fused-ring (bicyclic) bond motifs is 1. The Labute approximate surface area is 115 Å². The summed E-state index contributed by atoms with van der Waals surface area (Å²) in [7, 11) is 0. The van der Waals surface area contributed by atoms with Gasteiger partial charge in [-0.15, -0.1) is 0 Å². The fourth-order valence-corrected chi connectivity index (χ4v) is 2.08. The molecule has 0 unspecified atom stereocenters. The zero-order valence-electron chi connectivity index (χ0n) is 9.88. The Hall–Kier alpha value is -1.63. The first kappa shape index (κ1) is 13.8. The predicted octanol–water partition coefficient (Wildman–Crippen LogP) is 3.71. The highest BCUT2D eigenvalue weighted by molar-refractivity contribution is 9.10. The SMILES string of the molecule is CCOC(=O)c1cc2cc(OC(F)F)c(Br)cc2[nH]1. The van der Waals surface area contributed by atoms with Gasteiger partial charge in [-0.05, 0) is 41.1 Å². The molecule has 2 rings (SSSR count). The predicted molar refractivity (Wildman–Crippen MR) is 68.6 cm³/mol. The zero-order valence-corrected chi connectivity index (χ0v) is 11.5. The molecule has 1 aromatic carbocycles. The molecule has 0 saturated heterocycles. The van der Waals surface area contributed by atoms with Crippen molar-refractivity contribution in [2.24, 2.45) is 0 Å². The van der Waals surface area contributed by atoms with Crippen LogP contribution in [0.4, 0.5) is 8.78 Å². The molecule has 0 bridgehead atoms. The Morgan fingerprint density at radius 2 is 2.16 bits per heavy atom. The molecule has 1 N–H and O–H groups in total. The highest BCUT2D eigenvalue weighted by atomic mass is 79.9. The van der Waals surface area contributed by atoms with Crippen molar-refractivity contribution in [1.29, 1.82) is 0 Å². The molecule has 1 heterocycles. The summed E-state index contributed by atoms with van der Waals surface area (Å²) >= 11 is 3.13. The average molecular weight is 334 g/mol. The van der Waals surface area contributed by atoms with Crippen molar-refractivity contribution in [3.8, 4) is 5.75 Å². The third-order valence-electron chi connectivity index (χ3n) is 2.38. The maximum Gasteiger partial charge on any atom is 0.387 e. The van der Waals surface area contributed by atoms with Crippen molar-refractivity contribution in [2.75, 3.05) is 6.61 Å². The molecule has 0 fully saturated rings. The molecule has 4 nitrogen and oxygen atoms in total. The van der Waals surface area contributed by atoms with E-state index in [0.717, 1.165) is 0 Å². The van der Waals surface area contributed by atoms with Gasteiger partial charge in [0, 0.05) is 10.9 Å². The minimum Gasteiger partial charge on any atom is -0.461 e. The molecule has 0 atom stereocenters. The molecule has 0 spiro atoms. The number of aromatic amines is 1. The van der Waals surface area contributed by atoms with E-state index >= 15 is 0 Å². The molecule has 0 aliphatic carbocycles. The van der Waals surface area contributed by atoms with Gasteiger partial charge in [-0.2, -0.15) is 8.78 Å². The quantitative estimate of drug-likeness (QED) is 0.868. The number of ether oxygens (including phenoxy) is 2. The van der Waals surface area contributed by atoms with Gasteiger partial charge in [0.05, 0.1) is 11.1 Å². The Bertz CT molecular complexity index is 612. The van der Waals surface area contributed by atoms with Crippen LogP contribution in [0.15, 0.2) is 22.7 Å². The third kappa shape index (κ3) is 3.04. The lowest BCUT2D eigenvalue weighted by Gasteiger charge is -2.06. The molecule has 2 aromatic rings. The van der Waals surface area contributed by atoms with Crippen LogP contribution >= 0.6 is 15.9 Å². The maximum absolute atomic E-state index is 12.2. The van der Waals surface area contributed by atoms with Crippen molar-refractivity contribution in [2.45, 2.75) is 13.5 Å². The highest BCUT2D eigenvalue weighted by Gasteiger charge is 2.14. The van der Waals surface area contributed by atoms with Crippen LogP contribution in [-0.2, 0) is 4.74 Å². The molecule has 0 aliphatic rings. The first-order chi connectivity index (χ1) is 9.01. The van der Waals surface area contributed by atoms with E-state index in [2.05, 4.69) is 25.7 Å². The summed E-state index contributed by atoms with van der Waals surface area (Å²) in [6.07, 6.45) is 0. The van der Waals surface area contributed by atoms with E-state index in [1.807, 2.05) is 0 Å². The molecular weight excluding hydrogens is 324 g/mol. The van der Waals surface area contributed by atoms with Gasteiger partial charge in [0.1, 0.15) is 11.4 Å². The number of carbonyl (C=O) groups is 1. The summed E-state index contributed by atoms with van der Waals surface area (Å²) in [5.74, 6) is -0.483. The molecule has 0 radical (unpaired) electrons. The van der Waals surface area contributed by atoms with E-state index in [0.29, 0.717) is 15.4 Å². The van der Waals surface area contributed by atoms with Crippen molar-refractivity contribution in [3.05, 3.63) is 28.4 Å². The number of aromatic nitrogens is 1. The number of benzene rings is 1. The number of carbonyl (C=O) groups excluding carboxylic acids is 1. The van der Waals surface area contributed by atoms with E-state index < -0.39 is 12.6 Å². The average Bonchev–Trinajstić information content (AvgIpc) is 2.72. The van der Waals surface area contributed by atoms with Gasteiger partial charge in [-0.25, -0.2) is 4.79 Å². The number of hydrogen-bond donors (Lipinski definition) is 1. The summed E-state index contributed by atoms with van der Waals surface area (Å²) < 4.78 is 34.0. The summed E-state index contributed by atoms with van der Waals surface area (Å²) in [4.78, 5) is 14.4. The Morgan fingerprint density at radius 1 is 1.42 bits per heavy atom. The lowest BCUT2D eigenvalue weighted by molar-refractivity contribution is -0.0502. The van der Waals surface area contributed by atoms with Gasteiger partial charge in [-0.3, -0.25) is 0 Å². The molecule has 19 heavy (non-hydrogen) atoms. The number of esters is 1. The van der Waals surface area contributed by atoms with Gasteiger partial charge in [-0.1, -0.05) is 0 Å². The van der Waals surface area contributed by atoms with E-state index in [9.17, 15) is 13.6 Å². The number of alkyl halides is 2. The lowest BCUT2D eigenvalue weighted by atomic mass is 10.2. The van der Waals surface area contributed by atoms with Crippen molar-refractivity contribution < 1.29 is 23.0 Å². The van der Waals surface area contributed by atoms with Crippen LogP contribution in [0.1, 0.15) is 17.4 Å². The monoisotopic (exact) mass is 333 g/mol. The van der Waals surface area contributed by atoms with Crippen molar-refractivity contribution >= 4 is 32.8 Å². The fourth-order valence-electron chi connectivity index (χ4n) is 1.64. The van der Waals surface area contributed by atoms with Crippen molar-refractivity contribution in [3.63, 3.8) is 0 Å². The van der Waals surface area contributed by atoms with Crippen LogP contribution in [0.3, 0.4) is 0 Å². The van der Waals surface area contributed by atoms with Crippen LogP contribution in [0.25, 0.3) is 10.9 Å². The minimum absolute atomic E-state index is 0.0110. The van der Waals surface area contributed by atoms with Crippen LogP contribution in [-0.4, -0.2) is 24.2 Å². The van der Waals surface area contributed by atoms with Gasteiger partial charge in [0.25, 0.3) is 0 Å². The molecule has 0 aliphatic heterocycles. The van der Waals surface area contributed by atoms with Crippen LogP contribution in [0.5, 0.6) is 5.75 Å². The molecule has 102 valence electrons. The smallest absolute Gasteiger partial charge is 0.387 e. The zero-order chi connectivity index (χ0) is 14.0. The maximum atomic E-state index is 12.2. The van der Waals surface area contributed by atoms with E-state index in [-0.39, 0.29) is 18.1 Å². The number of hydrogen-bond acceptors (Lipinski definition) is 3. The first-order valence-corrected chi connectivity index (χ1v) is 6.24. The fraction of sp³-hybridized carbons (Fsp3) is 0.250. The number of nitrogens with one attached hydrogen (secondary N) is 1. The van der Waals surface area contributed by atoms with Gasteiger partial charge >= 0.3 is 12.6 Å². The number of H-pyrrole nitrogens is 1. The first-order valence-electron chi connectivity index (χ1n) is 5.45. The third-order valence-corrected chi connectivity index (χ3v) is 3.00. The van der Waals surface area contributed by atoms with E-state index in [1.165, 1.54) is 12.1 Å². The molecular formula is C12H10BrF2NO3. The van der Waals surface area contributed by atoms with Gasteiger partial charge < -0.3 is 14.5 Å². The Balaban J connectivity index is 2.40. The highest BCUT2D eigenvalue weighted by Crippen LogP contribution is 2.31. The second-order valence-electron chi connectivity index (χ2n) is 3.65. The molecule has 0 amide bonds. The Kier molecular flexibility index (Phi) is 4.04. The summed E-state index contributed by atoms with van der Waals surface area (Å²) in [5.41, 5.74) is 0.884. The van der Waals surface area contributed by atoms with Gasteiger partial charge in [0.2, 0.25) is 0 Å². The van der Waals surface area contributed by atoms with E-state index in [4.69, 9.17) is 4.74 Å². The largest absolute Gasteiger partial charge is 0.461 e. The molecule has 0 saturated carbocycles. The second-order valence-corrected chi connectivity index (χ2v) is 4.51. The molecule has 1 aromatic heterocycles. The molecule has 7 heteroatoms. The summed E-state index contributed by atoms with van der Waals surface area (Å²) in [6, 6.07) is 4.51. The second kappa shape index (κ2) is 5.56. The number of rotatable bonds is 4. The van der Waals surface area contributed by atoms with Crippen molar-refractivity contribution in [1.82, 2.24) is 4.98 Å². The summed E-state index contributed by atoms with van der Waals surface area (Å²) in [5, 5.41) is 0.585. The standard InChI is InChI=1S/C12H10BrF2NO3/c1-2-18-11(17)9-3-6-4-10(19-12(14)15)7(13)5-8(6)16-9/h3-5,12,16H,2H2,1H3. The Morgan fingerprint density at radius 3 is 2.79 bits per heavy atom. The van der Waals surface area contributed by atoms with Gasteiger partial charge in [0.15, 0.2) is 0 Å². The summed E-state index contributed by atoms with van der Waals surface area (Å²) in [6.45, 7) is -0.944. The topological polar surface area (TPSA) is 51.3 Å². The van der Waals surface area contributed by atoms with E-state index in [1.54, 1.807) is 13.0 Å². The number of halogens is 3. The minimum atomic E-state index is -2.91. The van der Waals surface area contributed by atoms with Crippen LogP contribution < -0.4 is 4.74 Å². The lowest BCUT2D eigenvalue weighted by Crippen LogP contribution is -2.04. The normalized spacial score (nSPS) is 11.0.